The number of nitrogens with zero attached hydrogens (tertiary/aromatic N) is 4. The van der Waals surface area contributed by atoms with Crippen molar-refractivity contribution >= 4 is 28.8 Å². The van der Waals surface area contributed by atoms with Crippen LogP contribution >= 0.6 is 0 Å². The topological polar surface area (TPSA) is 94.0 Å². The Labute approximate surface area is 245 Å². The molecule has 1 aliphatic carbocycles. The first kappa shape index (κ1) is 33.1. The van der Waals surface area contributed by atoms with Crippen molar-refractivity contribution in [2.75, 3.05) is 10.6 Å². The van der Waals surface area contributed by atoms with Crippen LogP contribution in [0.25, 0.3) is 16.7 Å². The Morgan fingerprint density at radius 1 is 0.886 bits per heavy atom. The summed E-state index contributed by atoms with van der Waals surface area (Å²) in [4.78, 5) is 20.0. The van der Waals surface area contributed by atoms with Gasteiger partial charge in [-0.15, -0.1) is 5.10 Å². The molecule has 8 nitrogen and oxygen atoms in total. The normalized spacial score (nSPS) is 18.4. The monoisotopic (exact) mass is 640 g/mol. The summed E-state index contributed by atoms with van der Waals surface area (Å²) in [5.74, 6) is -3.97. The maximum absolute atomic E-state index is 13.9. The molecule has 2 N–H and O–H groups in total. The van der Waals surface area contributed by atoms with E-state index in [1.165, 1.54) is 13.8 Å². The molecule has 17 heteroatoms. The Morgan fingerprint density at radius 3 is 1.93 bits per heavy atom. The van der Waals surface area contributed by atoms with Gasteiger partial charge in [0, 0.05) is 6.04 Å². The van der Waals surface area contributed by atoms with Crippen LogP contribution in [0, 0.1) is 19.8 Å². The fourth-order valence-corrected chi connectivity index (χ4v) is 5.11. The first-order valence-corrected chi connectivity index (χ1v) is 13.4. The number of hydrogen-bond acceptors (Lipinski definition) is 6. The second kappa shape index (κ2) is 11.3. The highest BCUT2D eigenvalue weighted by atomic mass is 19.4. The molecule has 0 atom stereocenters. The first-order valence-electron chi connectivity index (χ1n) is 13.4. The Balaban J connectivity index is 1.92. The Morgan fingerprint density at radius 2 is 1.45 bits per heavy atom. The highest BCUT2D eigenvalue weighted by Crippen LogP contribution is 2.41. The van der Waals surface area contributed by atoms with Crippen LogP contribution in [0.3, 0.4) is 0 Å². The van der Waals surface area contributed by atoms with Crippen LogP contribution in [0.1, 0.15) is 69.0 Å². The number of rotatable bonds is 4. The molecule has 0 unspecified atom stereocenters. The van der Waals surface area contributed by atoms with Crippen LogP contribution in [0.5, 0.6) is 0 Å². The molecule has 242 valence electrons. The minimum Gasteiger partial charge on any atom is -0.444 e. The van der Waals surface area contributed by atoms with E-state index >= 15 is 0 Å². The number of hydrogen-bond donors (Lipinski definition) is 2. The minimum atomic E-state index is -5.07. The molecule has 2 aromatic heterocycles. The summed E-state index contributed by atoms with van der Waals surface area (Å²) < 4.78 is 128. The van der Waals surface area contributed by atoms with Gasteiger partial charge in [0.2, 0.25) is 5.82 Å². The molecule has 4 rings (SSSR count). The van der Waals surface area contributed by atoms with Gasteiger partial charge in [-0.2, -0.15) is 39.5 Å². The number of nitrogens with one attached hydrogen (secondary N) is 2. The van der Waals surface area contributed by atoms with E-state index in [-0.39, 0.29) is 53.7 Å². The fourth-order valence-electron chi connectivity index (χ4n) is 5.11. The summed E-state index contributed by atoms with van der Waals surface area (Å²) in [6.07, 6.45) is -15.9. The van der Waals surface area contributed by atoms with Crippen molar-refractivity contribution in [3.05, 3.63) is 34.6 Å². The Hall–Kier alpha value is -3.79. The van der Waals surface area contributed by atoms with E-state index in [9.17, 15) is 44.3 Å². The summed E-state index contributed by atoms with van der Waals surface area (Å²) in [7, 11) is 0. The molecule has 1 aromatic carbocycles. The number of alkyl halides is 9. The van der Waals surface area contributed by atoms with Crippen LogP contribution in [0.15, 0.2) is 12.1 Å². The van der Waals surface area contributed by atoms with E-state index in [1.54, 1.807) is 20.8 Å². The number of aromatic nitrogens is 4. The molecule has 1 fully saturated rings. The van der Waals surface area contributed by atoms with Crippen LogP contribution < -0.4 is 10.6 Å². The lowest BCUT2D eigenvalue weighted by Gasteiger charge is -2.30. The maximum atomic E-state index is 13.9. The third-order valence-electron chi connectivity index (χ3n) is 6.97. The average molecular weight is 641 g/mol. The van der Waals surface area contributed by atoms with E-state index in [1.807, 2.05) is 0 Å². The van der Waals surface area contributed by atoms with Gasteiger partial charge >= 0.3 is 24.6 Å². The van der Waals surface area contributed by atoms with Crippen molar-refractivity contribution in [3.63, 3.8) is 0 Å². The van der Waals surface area contributed by atoms with Crippen LogP contribution in [-0.2, 0) is 17.1 Å². The van der Waals surface area contributed by atoms with Crippen molar-refractivity contribution in [1.82, 2.24) is 19.7 Å². The van der Waals surface area contributed by atoms with Gasteiger partial charge in [0.25, 0.3) is 0 Å². The molecule has 1 saturated carbocycles. The van der Waals surface area contributed by atoms with Crippen molar-refractivity contribution in [3.8, 4) is 5.69 Å². The molecule has 0 radical (unpaired) electrons. The zero-order valence-corrected chi connectivity index (χ0v) is 24.1. The molecule has 0 bridgehead atoms. The zero-order chi connectivity index (χ0) is 33.0. The summed E-state index contributed by atoms with van der Waals surface area (Å²) in [6.45, 7) is 7.30. The molecule has 0 aliphatic heterocycles. The molecule has 1 aliphatic rings. The molecule has 0 spiro atoms. The zero-order valence-electron chi connectivity index (χ0n) is 24.1. The second-order valence-electron chi connectivity index (χ2n) is 11.7. The molecule has 2 heterocycles. The molecule has 0 saturated heterocycles. The van der Waals surface area contributed by atoms with E-state index in [4.69, 9.17) is 4.74 Å². The summed E-state index contributed by atoms with van der Waals surface area (Å²) in [5.41, 5.74) is -2.55. The predicted octanol–water partition coefficient (Wildman–Crippen LogP) is 8.35. The molecule has 3 aromatic rings. The summed E-state index contributed by atoms with van der Waals surface area (Å²) in [5, 5.41) is 9.09. The number of benzene rings is 1. The van der Waals surface area contributed by atoms with E-state index in [2.05, 4.69) is 25.7 Å². The second-order valence-corrected chi connectivity index (χ2v) is 11.7. The van der Waals surface area contributed by atoms with Crippen LogP contribution in [-0.4, -0.2) is 43.7 Å². The third kappa shape index (κ3) is 7.29. The van der Waals surface area contributed by atoms with Crippen molar-refractivity contribution in [2.45, 2.75) is 90.5 Å². The van der Waals surface area contributed by atoms with Crippen molar-refractivity contribution in [1.29, 1.82) is 0 Å². The summed E-state index contributed by atoms with van der Waals surface area (Å²) >= 11 is 0. The number of amides is 1. The molecule has 44 heavy (non-hydrogen) atoms. The smallest absolute Gasteiger partial charge is 0.444 e. The number of ether oxygens (including phenoxy) is 1. The van der Waals surface area contributed by atoms with Crippen molar-refractivity contribution < 1.29 is 49.0 Å². The van der Waals surface area contributed by atoms with Crippen LogP contribution in [0.2, 0.25) is 0 Å². The van der Waals surface area contributed by atoms with E-state index in [0.717, 1.165) is 16.8 Å². The van der Waals surface area contributed by atoms with Gasteiger partial charge in [0.05, 0.1) is 17.2 Å². The first-order chi connectivity index (χ1) is 20.0. The van der Waals surface area contributed by atoms with E-state index in [0.29, 0.717) is 0 Å². The lowest BCUT2D eigenvalue weighted by molar-refractivity contribution is -0.182. The highest BCUT2D eigenvalue weighted by Gasteiger charge is 2.42. The quantitative estimate of drug-likeness (QED) is 0.279. The number of aryl methyl sites for hydroxylation is 2. The number of fused-ring (bicyclic) bond motifs is 1. The van der Waals surface area contributed by atoms with Gasteiger partial charge in [0.15, 0.2) is 11.5 Å². The third-order valence-corrected chi connectivity index (χ3v) is 6.97. The molecular weight excluding hydrogens is 611 g/mol. The van der Waals surface area contributed by atoms with Gasteiger partial charge < -0.3 is 10.1 Å². The lowest BCUT2D eigenvalue weighted by atomic mass is 9.85. The number of carbonyl (C=O) groups is 1. The standard InChI is InChI=1S/C27H29F9N6O2/c1-12-10-15(26(31,32)33)11-13(2)18(12)42-21(40-23(43)44-24(3,4)5)17-19(38-22(27(34,35)36)39-20(17)41-42)37-16-8-6-14(7-9-16)25(28,29)30/h10-11,14,16H,6-9H2,1-5H3,(H,40,43)(H,37,38,39,41). The van der Waals surface area contributed by atoms with Gasteiger partial charge in [-0.3, -0.25) is 5.32 Å². The summed E-state index contributed by atoms with van der Waals surface area (Å²) in [6, 6.07) is 0.911. The van der Waals surface area contributed by atoms with Gasteiger partial charge in [-0.25, -0.2) is 19.4 Å². The number of anilines is 2. The predicted molar refractivity (Wildman–Crippen MR) is 141 cm³/mol. The Bertz CT molecular complexity index is 1520. The fraction of sp³-hybridized carbons (Fsp3) is 0.556. The van der Waals surface area contributed by atoms with Gasteiger partial charge in [-0.1, -0.05) is 0 Å². The number of carbonyl (C=O) groups excluding carboxylic acids is 1. The van der Waals surface area contributed by atoms with Gasteiger partial charge in [-0.05, 0) is 83.6 Å². The number of halogens is 9. The van der Waals surface area contributed by atoms with Crippen LogP contribution in [0.4, 0.5) is 55.9 Å². The minimum absolute atomic E-state index is 0.00672. The Kier molecular flexibility index (Phi) is 8.50. The van der Waals surface area contributed by atoms with E-state index < -0.39 is 65.0 Å². The molecule has 1 amide bonds. The largest absolute Gasteiger partial charge is 0.451 e. The SMILES string of the molecule is Cc1cc(C(F)(F)F)cc(C)c1-n1nc2nc(C(F)(F)F)nc(NC3CCC(C(F)(F)F)CC3)c2c1NC(=O)OC(C)(C)C. The van der Waals surface area contributed by atoms with Gasteiger partial charge in [0.1, 0.15) is 16.8 Å². The highest BCUT2D eigenvalue weighted by molar-refractivity contribution is 6.03. The maximum Gasteiger partial charge on any atom is 0.451 e. The average Bonchev–Trinajstić information content (AvgIpc) is 3.19. The lowest BCUT2D eigenvalue weighted by Crippen LogP contribution is -2.33. The van der Waals surface area contributed by atoms with Crippen molar-refractivity contribution in [2.24, 2.45) is 5.92 Å². The molecular formula is C27H29F9N6O2.